The summed E-state index contributed by atoms with van der Waals surface area (Å²) in [4.78, 5) is 22.5. The van der Waals surface area contributed by atoms with Gasteiger partial charge in [-0.05, 0) is 36.4 Å². The summed E-state index contributed by atoms with van der Waals surface area (Å²) >= 11 is 3.33. The summed E-state index contributed by atoms with van der Waals surface area (Å²) in [6, 6.07) is 9.81. The molecule has 0 amide bonds. The molecular formula is C15H10BrN3O4. The third-order valence-corrected chi connectivity index (χ3v) is 3.70. The van der Waals surface area contributed by atoms with E-state index in [4.69, 9.17) is 4.42 Å². The zero-order chi connectivity index (χ0) is 16.6. The van der Waals surface area contributed by atoms with Gasteiger partial charge in [-0.15, -0.1) is 0 Å². The number of nitrogens with one attached hydrogen (secondary N) is 1. The van der Waals surface area contributed by atoms with E-state index in [0.717, 1.165) is 4.47 Å². The molecule has 0 atom stereocenters. The average Bonchev–Trinajstić information content (AvgIpc) is 3.09. The number of rotatable bonds is 3. The Bertz CT molecular complexity index is 1040. The van der Waals surface area contributed by atoms with Crippen molar-refractivity contribution in [2.45, 2.75) is 0 Å². The standard InChI is InChI=1S/C15H10BrN3O4/c1-9-13(8-12-6-7-14(23-12)19(21)22)15(20)18(17-9)11-4-2-10(16)3-5-11/h2-8,17H,1H2. The van der Waals surface area contributed by atoms with Crippen LogP contribution in [-0.4, -0.2) is 14.7 Å². The van der Waals surface area contributed by atoms with Crippen LogP contribution in [0.5, 0.6) is 0 Å². The van der Waals surface area contributed by atoms with Crippen LogP contribution in [0.1, 0.15) is 5.76 Å². The van der Waals surface area contributed by atoms with Crippen LogP contribution in [0.15, 0.2) is 50.1 Å². The molecule has 8 heteroatoms. The van der Waals surface area contributed by atoms with Crippen molar-refractivity contribution in [2.24, 2.45) is 0 Å². The van der Waals surface area contributed by atoms with Gasteiger partial charge in [0.25, 0.3) is 5.56 Å². The molecule has 0 unspecified atom stereocenters. The molecule has 0 aliphatic heterocycles. The van der Waals surface area contributed by atoms with Gasteiger partial charge < -0.3 is 4.42 Å². The fourth-order valence-corrected chi connectivity index (χ4v) is 2.34. The molecule has 0 aliphatic rings. The Morgan fingerprint density at radius 2 is 1.96 bits per heavy atom. The van der Waals surface area contributed by atoms with Gasteiger partial charge in [-0.3, -0.25) is 20.0 Å². The fraction of sp³-hybridized carbons (Fsp3) is 0. The first-order chi connectivity index (χ1) is 11.0. The molecule has 7 nitrogen and oxygen atoms in total. The van der Waals surface area contributed by atoms with E-state index in [-0.39, 0.29) is 22.4 Å². The third-order valence-electron chi connectivity index (χ3n) is 3.17. The number of benzene rings is 1. The largest absolute Gasteiger partial charge is 0.433 e. The van der Waals surface area contributed by atoms with E-state index in [1.807, 2.05) is 12.1 Å². The van der Waals surface area contributed by atoms with E-state index < -0.39 is 4.92 Å². The molecule has 116 valence electrons. The van der Waals surface area contributed by atoms with Crippen LogP contribution >= 0.6 is 15.9 Å². The Labute approximate surface area is 137 Å². The normalized spacial score (nSPS) is 11.8. The highest BCUT2D eigenvalue weighted by Gasteiger charge is 2.11. The molecule has 1 aromatic carbocycles. The first kappa shape index (κ1) is 15.0. The minimum atomic E-state index is -0.639. The maximum absolute atomic E-state index is 12.5. The van der Waals surface area contributed by atoms with E-state index in [9.17, 15) is 14.9 Å². The molecule has 23 heavy (non-hydrogen) atoms. The number of aromatic nitrogens is 2. The number of hydrogen-bond acceptors (Lipinski definition) is 4. The lowest BCUT2D eigenvalue weighted by molar-refractivity contribution is -0.402. The number of hydrogen-bond donors (Lipinski definition) is 1. The minimum absolute atomic E-state index is 0.209. The summed E-state index contributed by atoms with van der Waals surface area (Å²) < 4.78 is 7.28. The number of halogens is 1. The van der Waals surface area contributed by atoms with Gasteiger partial charge in [0.2, 0.25) is 0 Å². The van der Waals surface area contributed by atoms with Gasteiger partial charge in [-0.1, -0.05) is 22.5 Å². The van der Waals surface area contributed by atoms with E-state index in [1.54, 1.807) is 12.1 Å². The predicted molar refractivity (Wildman–Crippen MR) is 87.8 cm³/mol. The maximum Gasteiger partial charge on any atom is 0.433 e. The maximum atomic E-state index is 12.5. The minimum Gasteiger partial charge on any atom is -0.401 e. The molecule has 0 aliphatic carbocycles. The van der Waals surface area contributed by atoms with Gasteiger partial charge in [-0.2, -0.15) is 0 Å². The van der Waals surface area contributed by atoms with Crippen LogP contribution in [-0.2, 0) is 0 Å². The first-order valence-corrected chi connectivity index (χ1v) is 7.27. The number of aromatic amines is 1. The van der Waals surface area contributed by atoms with Crippen molar-refractivity contribution in [1.82, 2.24) is 9.78 Å². The summed E-state index contributed by atoms with van der Waals surface area (Å²) in [6.45, 7) is 3.79. The van der Waals surface area contributed by atoms with E-state index in [1.165, 1.54) is 22.9 Å². The lowest BCUT2D eigenvalue weighted by Crippen LogP contribution is -2.33. The number of nitrogens with zero attached hydrogens (tertiary/aromatic N) is 2. The molecule has 3 rings (SSSR count). The molecule has 2 heterocycles. The topological polar surface area (TPSA) is 94.1 Å². The Kier molecular flexibility index (Phi) is 3.75. The molecule has 0 bridgehead atoms. The molecule has 0 spiro atoms. The smallest absolute Gasteiger partial charge is 0.401 e. The highest BCUT2D eigenvalue weighted by Crippen LogP contribution is 2.15. The van der Waals surface area contributed by atoms with Crippen LogP contribution in [0.3, 0.4) is 0 Å². The van der Waals surface area contributed by atoms with Crippen LogP contribution < -0.4 is 16.1 Å². The Morgan fingerprint density at radius 1 is 1.26 bits per heavy atom. The van der Waals surface area contributed by atoms with Gasteiger partial charge in [0, 0.05) is 4.47 Å². The molecular weight excluding hydrogens is 366 g/mol. The lowest BCUT2D eigenvalue weighted by Gasteiger charge is -2.00. The second kappa shape index (κ2) is 5.73. The van der Waals surface area contributed by atoms with Gasteiger partial charge in [0.15, 0.2) is 0 Å². The second-order valence-electron chi connectivity index (χ2n) is 4.70. The van der Waals surface area contributed by atoms with Crippen molar-refractivity contribution in [3.8, 4) is 5.69 Å². The third kappa shape index (κ3) is 2.88. The van der Waals surface area contributed by atoms with Crippen molar-refractivity contribution in [2.75, 3.05) is 0 Å². The molecule has 1 N–H and O–H groups in total. The number of nitro groups is 1. The molecule has 0 fully saturated rings. The number of furan rings is 1. The van der Waals surface area contributed by atoms with Crippen molar-refractivity contribution in [3.05, 3.63) is 77.7 Å². The molecule has 0 radical (unpaired) electrons. The average molecular weight is 376 g/mol. The monoisotopic (exact) mass is 375 g/mol. The summed E-state index contributed by atoms with van der Waals surface area (Å²) in [5.41, 5.74) is 0.324. The Morgan fingerprint density at radius 3 is 2.57 bits per heavy atom. The van der Waals surface area contributed by atoms with Crippen LogP contribution in [0.4, 0.5) is 5.88 Å². The van der Waals surface area contributed by atoms with Crippen LogP contribution in [0, 0.1) is 10.1 Å². The Balaban J connectivity index is 2.12. The zero-order valence-corrected chi connectivity index (χ0v) is 13.2. The van der Waals surface area contributed by atoms with Gasteiger partial charge in [-0.25, -0.2) is 4.68 Å². The SMILES string of the molecule is C=c1[nH]n(-c2ccc(Br)cc2)c(=O)c1=Cc1ccc([N+](=O)[O-])o1. The quantitative estimate of drug-likeness (QED) is 0.556. The van der Waals surface area contributed by atoms with Gasteiger partial charge in [0.1, 0.15) is 10.7 Å². The second-order valence-corrected chi connectivity index (χ2v) is 5.61. The summed E-state index contributed by atoms with van der Waals surface area (Å²) in [7, 11) is 0. The zero-order valence-electron chi connectivity index (χ0n) is 11.7. The van der Waals surface area contributed by atoms with E-state index in [2.05, 4.69) is 27.6 Å². The van der Waals surface area contributed by atoms with Crippen molar-refractivity contribution in [3.63, 3.8) is 0 Å². The van der Waals surface area contributed by atoms with Gasteiger partial charge in [0.05, 0.1) is 22.3 Å². The predicted octanol–water partition coefficient (Wildman–Crippen LogP) is 1.67. The first-order valence-electron chi connectivity index (χ1n) is 6.47. The van der Waals surface area contributed by atoms with E-state index >= 15 is 0 Å². The van der Waals surface area contributed by atoms with Crippen LogP contribution in [0.25, 0.3) is 18.3 Å². The highest BCUT2D eigenvalue weighted by atomic mass is 79.9. The number of H-pyrrole nitrogens is 1. The Hall–Kier alpha value is -2.87. The summed E-state index contributed by atoms with van der Waals surface area (Å²) in [5.74, 6) is -0.175. The lowest BCUT2D eigenvalue weighted by atomic mass is 10.3. The van der Waals surface area contributed by atoms with E-state index in [0.29, 0.717) is 11.0 Å². The van der Waals surface area contributed by atoms with Crippen molar-refractivity contribution in [1.29, 1.82) is 0 Å². The highest BCUT2D eigenvalue weighted by molar-refractivity contribution is 9.10. The molecule has 0 saturated carbocycles. The fourth-order valence-electron chi connectivity index (χ4n) is 2.08. The van der Waals surface area contributed by atoms with Gasteiger partial charge >= 0.3 is 5.88 Å². The van der Waals surface area contributed by atoms with Crippen LogP contribution in [0.2, 0.25) is 0 Å². The molecule has 3 aromatic rings. The summed E-state index contributed by atoms with van der Waals surface area (Å²) in [5, 5.41) is 14.2. The van der Waals surface area contributed by atoms with Crippen molar-refractivity contribution >= 4 is 34.5 Å². The van der Waals surface area contributed by atoms with Crippen molar-refractivity contribution < 1.29 is 9.34 Å². The molecule has 0 saturated heterocycles. The summed E-state index contributed by atoms with van der Waals surface area (Å²) in [6.07, 6.45) is 1.42. The molecule has 2 aromatic heterocycles.